The fraction of sp³-hybridized carbons (Fsp3) is 0.355. The van der Waals surface area contributed by atoms with Crippen molar-refractivity contribution in [3.8, 4) is 5.75 Å². The Bertz CT molecular complexity index is 1360. The van der Waals surface area contributed by atoms with E-state index in [0.717, 1.165) is 33.7 Å². The van der Waals surface area contributed by atoms with E-state index >= 15 is 0 Å². The Kier molecular flexibility index (Phi) is 10.7. The van der Waals surface area contributed by atoms with Crippen LogP contribution in [0.1, 0.15) is 43.9 Å². The number of benzene rings is 3. The Hall–Kier alpha value is -3.85. The van der Waals surface area contributed by atoms with Gasteiger partial charge in [-0.05, 0) is 62.6 Å². The van der Waals surface area contributed by atoms with Crippen molar-refractivity contribution in [3.05, 3.63) is 95.6 Å². The molecule has 0 heterocycles. The lowest BCUT2D eigenvalue weighted by molar-refractivity contribution is -0.139. The van der Waals surface area contributed by atoms with Crippen LogP contribution in [0.25, 0.3) is 0 Å². The quantitative estimate of drug-likeness (QED) is 0.325. The minimum absolute atomic E-state index is 0.0542. The first kappa shape index (κ1) is 30.7. The van der Waals surface area contributed by atoms with Crippen LogP contribution in [-0.4, -0.2) is 50.0 Å². The monoisotopic (exact) mass is 565 g/mol. The van der Waals surface area contributed by atoms with Gasteiger partial charge in [0.2, 0.25) is 21.8 Å². The molecule has 3 aromatic carbocycles. The molecule has 0 aliphatic carbocycles. The van der Waals surface area contributed by atoms with E-state index in [-0.39, 0.29) is 18.5 Å². The first-order valence-electron chi connectivity index (χ1n) is 13.4. The van der Waals surface area contributed by atoms with Crippen LogP contribution in [0.5, 0.6) is 5.75 Å². The highest BCUT2D eigenvalue weighted by atomic mass is 32.2. The lowest BCUT2D eigenvalue weighted by atomic mass is 10.1. The van der Waals surface area contributed by atoms with Gasteiger partial charge in [-0.15, -0.1) is 0 Å². The lowest BCUT2D eigenvalue weighted by Gasteiger charge is -2.32. The third-order valence-electron chi connectivity index (χ3n) is 6.69. The number of hydrogen-bond donors (Lipinski definition) is 1. The van der Waals surface area contributed by atoms with E-state index in [1.54, 1.807) is 31.2 Å². The molecule has 0 fully saturated rings. The Morgan fingerprint density at radius 2 is 1.52 bits per heavy atom. The van der Waals surface area contributed by atoms with Crippen molar-refractivity contribution in [2.24, 2.45) is 0 Å². The van der Waals surface area contributed by atoms with Gasteiger partial charge in [0.25, 0.3) is 0 Å². The molecule has 214 valence electrons. The number of nitrogens with zero attached hydrogens (tertiary/aromatic N) is 2. The van der Waals surface area contributed by atoms with Crippen LogP contribution in [0, 0.1) is 6.92 Å². The molecule has 3 rings (SSSR count). The van der Waals surface area contributed by atoms with Crippen molar-refractivity contribution >= 4 is 27.5 Å². The maximum Gasteiger partial charge on any atom is 0.244 e. The van der Waals surface area contributed by atoms with Gasteiger partial charge < -0.3 is 15.0 Å². The lowest BCUT2D eigenvalue weighted by Crippen LogP contribution is -2.52. The number of anilines is 1. The zero-order valence-electron chi connectivity index (χ0n) is 23.8. The van der Waals surface area contributed by atoms with Crippen molar-refractivity contribution in [2.45, 2.75) is 59.4 Å². The van der Waals surface area contributed by atoms with Gasteiger partial charge in [-0.25, -0.2) is 8.42 Å². The summed E-state index contributed by atoms with van der Waals surface area (Å²) < 4.78 is 32.5. The summed E-state index contributed by atoms with van der Waals surface area (Å²) in [5.74, 6) is -0.202. The van der Waals surface area contributed by atoms with Gasteiger partial charge in [0, 0.05) is 12.6 Å². The number of ether oxygens (including phenoxy) is 1. The van der Waals surface area contributed by atoms with Gasteiger partial charge in [0.15, 0.2) is 0 Å². The molecular weight excluding hydrogens is 526 g/mol. The predicted octanol–water partition coefficient (Wildman–Crippen LogP) is 4.67. The van der Waals surface area contributed by atoms with Crippen LogP contribution in [0.3, 0.4) is 0 Å². The summed E-state index contributed by atoms with van der Waals surface area (Å²) >= 11 is 0. The summed E-state index contributed by atoms with van der Waals surface area (Å²) in [4.78, 5) is 28.1. The SMILES string of the molecule is CC[C@H](C)NC(=O)[C@H](C)N(Cc1ccc(C)cc1)C(=O)CN(c1ccc(OCc2ccccc2)cc1)S(C)(=O)=O. The summed E-state index contributed by atoms with van der Waals surface area (Å²) in [6.45, 7) is 7.58. The van der Waals surface area contributed by atoms with Gasteiger partial charge in [0.05, 0.1) is 11.9 Å². The average molecular weight is 566 g/mol. The van der Waals surface area contributed by atoms with E-state index in [0.29, 0.717) is 18.0 Å². The minimum atomic E-state index is -3.82. The molecule has 0 unspecified atom stereocenters. The number of nitrogens with one attached hydrogen (secondary N) is 1. The largest absolute Gasteiger partial charge is 0.489 e. The molecule has 2 atom stereocenters. The Balaban J connectivity index is 1.81. The Labute approximate surface area is 238 Å². The highest BCUT2D eigenvalue weighted by Crippen LogP contribution is 2.23. The van der Waals surface area contributed by atoms with Crippen LogP contribution in [0.2, 0.25) is 0 Å². The maximum atomic E-state index is 13.7. The molecule has 40 heavy (non-hydrogen) atoms. The van der Waals surface area contributed by atoms with Crippen molar-refractivity contribution in [3.63, 3.8) is 0 Å². The van der Waals surface area contributed by atoms with E-state index in [9.17, 15) is 18.0 Å². The highest BCUT2D eigenvalue weighted by molar-refractivity contribution is 7.92. The molecule has 9 heteroatoms. The zero-order valence-corrected chi connectivity index (χ0v) is 24.6. The first-order chi connectivity index (χ1) is 19.0. The molecule has 0 aliphatic rings. The third kappa shape index (κ3) is 8.84. The number of carbonyl (C=O) groups excluding carboxylic acids is 2. The molecule has 0 saturated heterocycles. The number of aryl methyl sites for hydroxylation is 1. The van der Waals surface area contributed by atoms with E-state index in [2.05, 4.69) is 5.32 Å². The molecule has 0 radical (unpaired) electrons. The Morgan fingerprint density at radius 3 is 2.10 bits per heavy atom. The minimum Gasteiger partial charge on any atom is -0.489 e. The molecule has 0 saturated carbocycles. The fourth-order valence-electron chi connectivity index (χ4n) is 4.00. The molecule has 0 spiro atoms. The van der Waals surface area contributed by atoms with Gasteiger partial charge in [0.1, 0.15) is 24.9 Å². The van der Waals surface area contributed by atoms with Crippen LogP contribution >= 0.6 is 0 Å². The van der Waals surface area contributed by atoms with E-state index in [4.69, 9.17) is 4.74 Å². The van der Waals surface area contributed by atoms with Gasteiger partial charge in [-0.3, -0.25) is 13.9 Å². The third-order valence-corrected chi connectivity index (χ3v) is 7.83. The first-order valence-corrected chi connectivity index (χ1v) is 15.2. The number of sulfonamides is 1. The zero-order chi connectivity index (χ0) is 29.3. The smallest absolute Gasteiger partial charge is 0.244 e. The predicted molar refractivity (Wildman–Crippen MR) is 158 cm³/mol. The summed E-state index contributed by atoms with van der Waals surface area (Å²) in [5.41, 5.74) is 3.25. The fourth-order valence-corrected chi connectivity index (χ4v) is 4.85. The van der Waals surface area contributed by atoms with Crippen molar-refractivity contribution in [1.82, 2.24) is 10.2 Å². The molecule has 1 N–H and O–H groups in total. The van der Waals surface area contributed by atoms with Gasteiger partial charge in [-0.1, -0.05) is 67.1 Å². The summed E-state index contributed by atoms with van der Waals surface area (Å²) in [6.07, 6.45) is 1.81. The van der Waals surface area contributed by atoms with Crippen LogP contribution in [-0.2, 0) is 32.8 Å². The standard InChI is InChI=1S/C31H39N3O5S/c1-6-24(3)32-31(36)25(4)33(20-26-14-12-23(2)13-15-26)30(35)21-34(40(5,37)38)28-16-18-29(19-17-28)39-22-27-10-8-7-9-11-27/h7-19,24-25H,6,20-22H2,1-5H3,(H,32,36)/t24-,25-/m0/s1. The van der Waals surface area contributed by atoms with Gasteiger partial charge in [-0.2, -0.15) is 0 Å². The van der Waals surface area contributed by atoms with E-state index in [1.807, 2.05) is 75.4 Å². The van der Waals surface area contributed by atoms with Crippen LogP contribution in [0.4, 0.5) is 5.69 Å². The summed E-state index contributed by atoms with van der Waals surface area (Å²) in [7, 11) is -3.82. The van der Waals surface area contributed by atoms with Crippen LogP contribution < -0.4 is 14.4 Å². The number of hydrogen-bond acceptors (Lipinski definition) is 5. The molecule has 0 aliphatic heterocycles. The second kappa shape index (κ2) is 14.0. The molecule has 2 amide bonds. The molecule has 0 aromatic heterocycles. The van der Waals surface area contributed by atoms with E-state index in [1.165, 1.54) is 4.90 Å². The second-order valence-corrected chi connectivity index (χ2v) is 11.9. The van der Waals surface area contributed by atoms with Crippen molar-refractivity contribution < 1.29 is 22.7 Å². The molecule has 0 bridgehead atoms. The summed E-state index contributed by atoms with van der Waals surface area (Å²) in [5, 5.41) is 2.93. The molecule has 8 nitrogen and oxygen atoms in total. The van der Waals surface area contributed by atoms with Crippen LogP contribution in [0.15, 0.2) is 78.9 Å². The molecular formula is C31H39N3O5S. The summed E-state index contributed by atoms with van der Waals surface area (Å²) in [6, 6.07) is 23.1. The van der Waals surface area contributed by atoms with Gasteiger partial charge >= 0.3 is 0 Å². The number of rotatable bonds is 13. The molecule has 3 aromatic rings. The number of amides is 2. The second-order valence-electron chi connectivity index (χ2n) is 10.0. The topological polar surface area (TPSA) is 96.0 Å². The maximum absolute atomic E-state index is 13.7. The Morgan fingerprint density at radius 1 is 0.900 bits per heavy atom. The van der Waals surface area contributed by atoms with Crippen molar-refractivity contribution in [1.29, 1.82) is 0 Å². The average Bonchev–Trinajstić information content (AvgIpc) is 2.94. The normalized spacial score (nSPS) is 12.7. The van der Waals surface area contributed by atoms with E-state index < -0.39 is 28.5 Å². The highest BCUT2D eigenvalue weighted by Gasteiger charge is 2.30. The van der Waals surface area contributed by atoms with Crippen molar-refractivity contribution in [2.75, 3.05) is 17.1 Å². The number of carbonyl (C=O) groups is 2.